The molecule has 1 aliphatic heterocycles. The van der Waals surface area contributed by atoms with Gasteiger partial charge in [-0.25, -0.2) is 4.79 Å². The molecule has 1 amide bonds. The average Bonchev–Trinajstić information content (AvgIpc) is 1.90. The van der Waals surface area contributed by atoms with E-state index in [4.69, 9.17) is 0 Å². The molecule has 0 atom stereocenters. The molecular formula is C7H12NO+. The van der Waals surface area contributed by atoms with Gasteiger partial charge in [-0.15, -0.1) is 0 Å². The van der Waals surface area contributed by atoms with E-state index in [9.17, 15) is 4.79 Å². The van der Waals surface area contributed by atoms with Crippen LogP contribution in [0.5, 0.6) is 0 Å². The van der Waals surface area contributed by atoms with Crippen molar-refractivity contribution in [3.8, 4) is 0 Å². The number of carbonyl (C=O) groups excluding carboxylic acids is 1. The Balaban J connectivity index is 2.57. The van der Waals surface area contributed by atoms with E-state index in [0.717, 1.165) is 19.4 Å². The Morgan fingerprint density at radius 1 is 1.56 bits per heavy atom. The number of hydrogen-bond acceptors (Lipinski definition) is 1. The molecule has 0 aromatic heterocycles. The summed E-state index contributed by atoms with van der Waals surface area (Å²) in [5, 5.41) is 0. The fourth-order valence-electron chi connectivity index (χ4n) is 1.05. The first-order chi connectivity index (χ1) is 4.30. The third-order valence-electron chi connectivity index (χ3n) is 1.61. The fourth-order valence-corrected chi connectivity index (χ4v) is 1.05. The monoisotopic (exact) mass is 126 g/mol. The first kappa shape index (κ1) is 6.46. The summed E-state index contributed by atoms with van der Waals surface area (Å²) >= 11 is 0. The molecule has 0 bridgehead atoms. The van der Waals surface area contributed by atoms with E-state index in [1.54, 1.807) is 11.5 Å². The van der Waals surface area contributed by atoms with Crippen LogP contribution in [0, 0.1) is 0 Å². The molecule has 1 aliphatic rings. The summed E-state index contributed by atoms with van der Waals surface area (Å²) in [6, 6.07) is 0. The van der Waals surface area contributed by atoms with Gasteiger partial charge in [0.2, 0.25) is 0 Å². The minimum Gasteiger partial charge on any atom is -0.220 e. The second kappa shape index (κ2) is 2.76. The lowest BCUT2D eigenvalue weighted by Crippen LogP contribution is -2.23. The van der Waals surface area contributed by atoms with Crippen LogP contribution in [0.3, 0.4) is 0 Å². The number of carbonyl (C=O) groups is 1. The maximum absolute atomic E-state index is 10.7. The van der Waals surface area contributed by atoms with E-state index in [-0.39, 0.29) is 5.91 Å². The number of hydrogen-bond donors (Lipinski definition) is 0. The summed E-state index contributed by atoms with van der Waals surface area (Å²) in [6.45, 7) is 2.54. The normalized spacial score (nSPS) is 19.0. The van der Waals surface area contributed by atoms with E-state index < -0.39 is 0 Å². The molecular weight excluding hydrogens is 114 g/mol. The molecule has 0 saturated heterocycles. The largest absolute Gasteiger partial charge is 0.383 e. The minimum absolute atomic E-state index is 0.176. The van der Waals surface area contributed by atoms with Crippen molar-refractivity contribution in [2.75, 3.05) is 6.54 Å². The predicted octanol–water partition coefficient (Wildman–Crippen LogP) is 0.800. The predicted molar refractivity (Wildman–Crippen MR) is 35.7 cm³/mol. The third-order valence-corrected chi connectivity index (χ3v) is 1.61. The minimum atomic E-state index is 0.176. The van der Waals surface area contributed by atoms with Crippen LogP contribution < -0.4 is 0 Å². The summed E-state index contributed by atoms with van der Waals surface area (Å²) in [5.41, 5.74) is 0. The fraction of sp³-hybridized carbons (Fsp3) is 0.714. The van der Waals surface area contributed by atoms with E-state index in [1.165, 1.54) is 6.42 Å². The molecule has 0 aliphatic carbocycles. The lowest BCUT2D eigenvalue weighted by atomic mass is 10.2. The Morgan fingerprint density at radius 2 is 2.33 bits per heavy atom. The van der Waals surface area contributed by atoms with E-state index in [2.05, 4.69) is 0 Å². The van der Waals surface area contributed by atoms with Crippen LogP contribution in [0.15, 0.2) is 0 Å². The molecule has 0 aromatic rings. The van der Waals surface area contributed by atoms with Crippen LogP contribution in [-0.4, -0.2) is 23.2 Å². The second-order valence-corrected chi connectivity index (χ2v) is 2.39. The zero-order chi connectivity index (χ0) is 6.69. The molecule has 0 radical (unpaired) electrons. The smallest absolute Gasteiger partial charge is 0.220 e. The molecule has 1 heterocycles. The average molecular weight is 126 g/mol. The van der Waals surface area contributed by atoms with Crippen molar-refractivity contribution in [3.05, 3.63) is 0 Å². The van der Waals surface area contributed by atoms with Crippen LogP contribution >= 0.6 is 0 Å². The molecule has 2 nitrogen and oxygen atoms in total. The van der Waals surface area contributed by atoms with Gasteiger partial charge < -0.3 is 0 Å². The van der Waals surface area contributed by atoms with Crippen LogP contribution in [0.1, 0.15) is 26.2 Å². The van der Waals surface area contributed by atoms with Gasteiger partial charge >= 0.3 is 5.91 Å². The van der Waals surface area contributed by atoms with Crippen molar-refractivity contribution in [1.82, 2.24) is 0 Å². The highest BCUT2D eigenvalue weighted by atomic mass is 16.1. The molecule has 0 unspecified atom stereocenters. The van der Waals surface area contributed by atoms with Gasteiger partial charge in [-0.2, -0.15) is 4.58 Å². The zero-order valence-corrected chi connectivity index (χ0v) is 5.76. The molecule has 50 valence electrons. The maximum Gasteiger partial charge on any atom is 0.383 e. The van der Waals surface area contributed by atoms with Gasteiger partial charge in [0, 0.05) is 12.8 Å². The Hall–Kier alpha value is -0.660. The lowest BCUT2D eigenvalue weighted by molar-refractivity contribution is -0.448. The maximum atomic E-state index is 10.7. The van der Waals surface area contributed by atoms with Gasteiger partial charge in [0.15, 0.2) is 6.54 Å². The highest BCUT2D eigenvalue weighted by Gasteiger charge is 2.13. The van der Waals surface area contributed by atoms with Crippen molar-refractivity contribution in [2.45, 2.75) is 26.2 Å². The molecule has 2 heteroatoms. The van der Waals surface area contributed by atoms with Crippen molar-refractivity contribution in [2.24, 2.45) is 0 Å². The van der Waals surface area contributed by atoms with Gasteiger partial charge in [-0.1, -0.05) is 0 Å². The number of rotatable bonds is 0. The number of nitrogens with zero attached hydrogens (tertiary/aromatic N) is 1. The summed E-state index contributed by atoms with van der Waals surface area (Å²) in [7, 11) is 0. The Morgan fingerprint density at radius 3 is 2.67 bits per heavy atom. The van der Waals surface area contributed by atoms with Crippen LogP contribution in [0.4, 0.5) is 0 Å². The standard InChI is InChI=1S/C7H12NO/c1-7(9)8-5-3-2-4-6-8/h5H,2-4,6H2,1H3/q+1. The molecule has 0 saturated carbocycles. The van der Waals surface area contributed by atoms with E-state index in [0.29, 0.717) is 0 Å². The van der Waals surface area contributed by atoms with Gasteiger partial charge in [0.1, 0.15) is 6.21 Å². The summed E-state index contributed by atoms with van der Waals surface area (Å²) in [6.07, 6.45) is 5.46. The Labute approximate surface area is 55.2 Å². The summed E-state index contributed by atoms with van der Waals surface area (Å²) in [5.74, 6) is 0.176. The van der Waals surface area contributed by atoms with E-state index in [1.807, 2.05) is 6.21 Å². The lowest BCUT2D eigenvalue weighted by Gasteiger charge is -2.02. The Bertz CT molecular complexity index is 149. The molecule has 9 heavy (non-hydrogen) atoms. The Kier molecular flexibility index (Phi) is 1.98. The SMILES string of the molecule is CC(=O)[N+]1=CCCCC1. The molecule has 1 rings (SSSR count). The highest BCUT2D eigenvalue weighted by molar-refractivity contribution is 5.70. The van der Waals surface area contributed by atoms with Crippen molar-refractivity contribution in [3.63, 3.8) is 0 Å². The summed E-state index contributed by atoms with van der Waals surface area (Å²) in [4.78, 5) is 10.7. The topological polar surface area (TPSA) is 20.1 Å². The quantitative estimate of drug-likeness (QED) is 0.439. The zero-order valence-electron chi connectivity index (χ0n) is 5.76. The van der Waals surface area contributed by atoms with Crippen LogP contribution in [0.2, 0.25) is 0 Å². The second-order valence-electron chi connectivity index (χ2n) is 2.39. The summed E-state index contributed by atoms with van der Waals surface area (Å²) < 4.78 is 1.80. The van der Waals surface area contributed by atoms with E-state index >= 15 is 0 Å². The molecule has 0 fully saturated rings. The van der Waals surface area contributed by atoms with Gasteiger partial charge in [-0.3, -0.25) is 0 Å². The highest BCUT2D eigenvalue weighted by Crippen LogP contribution is 1.99. The van der Waals surface area contributed by atoms with Gasteiger partial charge in [-0.05, 0) is 6.42 Å². The van der Waals surface area contributed by atoms with Crippen LogP contribution in [0.25, 0.3) is 0 Å². The van der Waals surface area contributed by atoms with Gasteiger partial charge in [0.25, 0.3) is 0 Å². The van der Waals surface area contributed by atoms with Crippen molar-refractivity contribution >= 4 is 12.1 Å². The molecule has 0 aromatic carbocycles. The molecule has 0 spiro atoms. The van der Waals surface area contributed by atoms with Crippen molar-refractivity contribution < 1.29 is 9.37 Å². The first-order valence-corrected chi connectivity index (χ1v) is 3.41. The van der Waals surface area contributed by atoms with Crippen LogP contribution in [-0.2, 0) is 4.79 Å². The first-order valence-electron chi connectivity index (χ1n) is 3.41. The molecule has 0 N–H and O–H groups in total. The van der Waals surface area contributed by atoms with Crippen molar-refractivity contribution in [1.29, 1.82) is 0 Å². The third kappa shape index (κ3) is 1.63. The van der Waals surface area contributed by atoms with Gasteiger partial charge in [0.05, 0.1) is 6.92 Å². The number of amides is 1.